The number of para-hydroxylation sites is 1. The van der Waals surface area contributed by atoms with Crippen LogP contribution < -0.4 is 4.90 Å². The Hall–Kier alpha value is -7.66. The van der Waals surface area contributed by atoms with Gasteiger partial charge in [-0.25, -0.2) is 0 Å². The summed E-state index contributed by atoms with van der Waals surface area (Å²) in [6, 6.07) is 72.0. The molecule has 3 nitrogen and oxygen atoms in total. The molecule has 13 aromatic rings. The molecule has 0 aliphatic heterocycles. The van der Waals surface area contributed by atoms with Crippen LogP contribution in [0.4, 0.5) is 17.1 Å². The van der Waals surface area contributed by atoms with Gasteiger partial charge in [0.1, 0.15) is 22.3 Å². The molecule has 3 aromatic heterocycles. The number of anilines is 3. The molecule has 0 saturated heterocycles. The zero-order valence-electron chi connectivity index (χ0n) is 32.2. The van der Waals surface area contributed by atoms with Crippen LogP contribution in [0.5, 0.6) is 0 Å². The molecule has 0 saturated carbocycles. The van der Waals surface area contributed by atoms with E-state index in [4.69, 9.17) is 8.83 Å². The molecular weight excluding hydrogens is 751 g/mol. The number of nitrogens with zero attached hydrogens (tertiary/aromatic N) is 1. The minimum Gasteiger partial charge on any atom is -0.456 e. The predicted octanol–water partition coefficient (Wildman–Crippen LogP) is 17.0. The molecule has 13 rings (SSSR count). The first-order chi connectivity index (χ1) is 29.7. The summed E-state index contributed by atoms with van der Waals surface area (Å²) >= 11 is 1.87. The molecule has 3 heterocycles. The smallest absolute Gasteiger partial charge is 0.143 e. The van der Waals surface area contributed by atoms with Gasteiger partial charge in [-0.3, -0.25) is 0 Å². The van der Waals surface area contributed by atoms with Gasteiger partial charge in [0.25, 0.3) is 0 Å². The molecule has 0 aliphatic rings. The van der Waals surface area contributed by atoms with Gasteiger partial charge in [0.15, 0.2) is 0 Å². The normalized spacial score (nSPS) is 12.0. The van der Waals surface area contributed by atoms with E-state index in [2.05, 4.69) is 205 Å². The third kappa shape index (κ3) is 4.95. The Bertz CT molecular complexity index is 3850. The number of rotatable bonds is 5. The Kier molecular flexibility index (Phi) is 7.18. The van der Waals surface area contributed by atoms with Crippen molar-refractivity contribution < 1.29 is 8.83 Å². The second kappa shape index (κ2) is 12.9. The number of thiophene rings is 1. The first kappa shape index (κ1) is 33.3. The second-order valence-electron chi connectivity index (χ2n) is 15.6. The van der Waals surface area contributed by atoms with Crippen molar-refractivity contribution in [3.63, 3.8) is 0 Å². The van der Waals surface area contributed by atoms with Crippen LogP contribution in [0, 0.1) is 0 Å². The third-order valence-corrected chi connectivity index (χ3v) is 13.5. The standard InChI is InChI=1S/C56H33NO2S/c1-2-14-37-33-51-46(32-36(37)13-1)53-43(19-10-23-49(53)58-51)41-16-5-7-21-47(41)57(48-22-11-24-50-54(48)45-31-28-34-12-3-4-15-39(34)55(45)59-50)38-29-26-35(27-30-38)40-18-9-20-44-42-17-6-8-25-52(42)60-56(40)44/h1-33H. The van der Waals surface area contributed by atoms with Crippen LogP contribution in [-0.2, 0) is 0 Å². The maximum absolute atomic E-state index is 6.78. The van der Waals surface area contributed by atoms with Crippen LogP contribution in [0.1, 0.15) is 0 Å². The van der Waals surface area contributed by atoms with Crippen molar-refractivity contribution in [3.8, 4) is 22.3 Å². The number of furan rings is 2. The van der Waals surface area contributed by atoms with Gasteiger partial charge in [0, 0.05) is 53.0 Å². The summed E-state index contributed by atoms with van der Waals surface area (Å²) in [4.78, 5) is 2.42. The maximum Gasteiger partial charge on any atom is 0.143 e. The van der Waals surface area contributed by atoms with Crippen LogP contribution >= 0.6 is 11.3 Å². The fourth-order valence-corrected chi connectivity index (χ4v) is 10.8. The highest BCUT2D eigenvalue weighted by molar-refractivity contribution is 7.26. The Morgan fingerprint density at radius 3 is 1.90 bits per heavy atom. The molecule has 0 atom stereocenters. The van der Waals surface area contributed by atoms with E-state index in [0.29, 0.717) is 0 Å². The zero-order valence-corrected chi connectivity index (χ0v) is 33.0. The van der Waals surface area contributed by atoms with Crippen LogP contribution in [0.25, 0.3) is 108 Å². The Balaban J connectivity index is 1.06. The number of hydrogen-bond donors (Lipinski definition) is 0. The van der Waals surface area contributed by atoms with E-state index in [1.807, 2.05) is 11.3 Å². The summed E-state index contributed by atoms with van der Waals surface area (Å²) in [6.45, 7) is 0. The number of benzene rings is 10. The summed E-state index contributed by atoms with van der Waals surface area (Å²) in [5.74, 6) is 0. The number of fused-ring (bicyclic) bond motifs is 12. The molecule has 0 fully saturated rings. The van der Waals surface area contributed by atoms with E-state index >= 15 is 0 Å². The van der Waals surface area contributed by atoms with Crippen molar-refractivity contribution in [3.05, 3.63) is 200 Å². The van der Waals surface area contributed by atoms with Crippen molar-refractivity contribution in [1.29, 1.82) is 0 Å². The summed E-state index contributed by atoms with van der Waals surface area (Å²) in [5, 5.41) is 11.6. The average molecular weight is 784 g/mol. The van der Waals surface area contributed by atoms with Crippen molar-refractivity contribution >= 4 is 114 Å². The molecule has 4 heteroatoms. The number of hydrogen-bond acceptors (Lipinski definition) is 4. The maximum atomic E-state index is 6.78. The van der Waals surface area contributed by atoms with Crippen molar-refractivity contribution in [2.45, 2.75) is 0 Å². The fraction of sp³-hybridized carbons (Fsp3) is 0. The van der Waals surface area contributed by atoms with Gasteiger partial charge in [-0.15, -0.1) is 11.3 Å². The van der Waals surface area contributed by atoms with E-state index in [0.717, 1.165) is 88.2 Å². The molecule has 10 aromatic carbocycles. The highest BCUT2D eigenvalue weighted by Crippen LogP contribution is 2.49. The first-order valence-corrected chi connectivity index (χ1v) is 21.1. The van der Waals surface area contributed by atoms with Gasteiger partial charge in [-0.05, 0) is 93.5 Å². The predicted molar refractivity (Wildman–Crippen MR) is 254 cm³/mol. The molecule has 0 spiro atoms. The Morgan fingerprint density at radius 1 is 0.367 bits per heavy atom. The van der Waals surface area contributed by atoms with Gasteiger partial charge in [0.05, 0.1) is 16.8 Å². The molecule has 0 amide bonds. The second-order valence-corrected chi connectivity index (χ2v) is 16.6. The lowest BCUT2D eigenvalue weighted by molar-refractivity contribution is 0.669. The van der Waals surface area contributed by atoms with Crippen LogP contribution in [0.2, 0.25) is 0 Å². The molecular formula is C56H33NO2S. The van der Waals surface area contributed by atoms with Crippen LogP contribution in [-0.4, -0.2) is 0 Å². The van der Waals surface area contributed by atoms with Gasteiger partial charge >= 0.3 is 0 Å². The fourth-order valence-electron chi connectivity index (χ4n) is 9.53. The molecule has 280 valence electrons. The topological polar surface area (TPSA) is 29.5 Å². The third-order valence-electron chi connectivity index (χ3n) is 12.2. The SMILES string of the molecule is c1ccc(N(c2ccc(-c3cccc4c3sc3ccccc34)cc2)c2cccc3oc4c5ccccc5ccc4c23)c(-c2cccc3oc4cc5ccccc5cc4c23)c1. The first-order valence-electron chi connectivity index (χ1n) is 20.3. The van der Waals surface area contributed by atoms with E-state index in [1.54, 1.807) is 0 Å². The highest BCUT2D eigenvalue weighted by Gasteiger charge is 2.24. The van der Waals surface area contributed by atoms with Crippen LogP contribution in [0.3, 0.4) is 0 Å². The summed E-state index contributed by atoms with van der Waals surface area (Å²) < 4.78 is 16.0. The summed E-state index contributed by atoms with van der Waals surface area (Å²) in [6.07, 6.45) is 0. The molecule has 0 radical (unpaired) electrons. The molecule has 0 bridgehead atoms. The van der Waals surface area contributed by atoms with E-state index in [1.165, 1.54) is 36.7 Å². The quantitative estimate of drug-likeness (QED) is 0.174. The summed E-state index contributed by atoms with van der Waals surface area (Å²) in [5.41, 5.74) is 11.3. The minimum absolute atomic E-state index is 0.851. The van der Waals surface area contributed by atoms with Gasteiger partial charge in [-0.2, -0.15) is 0 Å². The molecule has 0 N–H and O–H groups in total. The van der Waals surface area contributed by atoms with Crippen molar-refractivity contribution in [2.75, 3.05) is 4.90 Å². The highest BCUT2D eigenvalue weighted by atomic mass is 32.1. The minimum atomic E-state index is 0.851. The monoisotopic (exact) mass is 783 g/mol. The van der Waals surface area contributed by atoms with E-state index in [-0.39, 0.29) is 0 Å². The van der Waals surface area contributed by atoms with Crippen LogP contribution in [0.15, 0.2) is 209 Å². The van der Waals surface area contributed by atoms with E-state index < -0.39 is 0 Å². The lowest BCUT2D eigenvalue weighted by Gasteiger charge is -2.29. The largest absolute Gasteiger partial charge is 0.456 e. The molecule has 60 heavy (non-hydrogen) atoms. The molecule has 0 aliphatic carbocycles. The lowest BCUT2D eigenvalue weighted by Crippen LogP contribution is -2.11. The Morgan fingerprint density at radius 2 is 1.02 bits per heavy atom. The van der Waals surface area contributed by atoms with Gasteiger partial charge < -0.3 is 13.7 Å². The zero-order chi connectivity index (χ0) is 39.3. The van der Waals surface area contributed by atoms with E-state index in [9.17, 15) is 0 Å². The van der Waals surface area contributed by atoms with Gasteiger partial charge in [-0.1, -0.05) is 140 Å². The summed E-state index contributed by atoms with van der Waals surface area (Å²) in [7, 11) is 0. The lowest BCUT2D eigenvalue weighted by atomic mass is 9.95. The Labute approximate surface area is 348 Å². The van der Waals surface area contributed by atoms with Gasteiger partial charge in [0.2, 0.25) is 0 Å². The van der Waals surface area contributed by atoms with Crippen molar-refractivity contribution in [2.24, 2.45) is 0 Å². The molecule has 0 unspecified atom stereocenters. The van der Waals surface area contributed by atoms with Crippen molar-refractivity contribution in [1.82, 2.24) is 0 Å². The average Bonchev–Trinajstić information content (AvgIpc) is 4.00.